The van der Waals surface area contributed by atoms with Crippen molar-refractivity contribution in [2.45, 2.75) is 13.8 Å². The molecule has 0 aliphatic rings. The lowest BCUT2D eigenvalue weighted by Crippen LogP contribution is -2.28. The third-order valence-corrected chi connectivity index (χ3v) is 4.82. The molecule has 7 nitrogen and oxygen atoms in total. The minimum atomic E-state index is -0.295. The topological polar surface area (TPSA) is 98.2 Å². The van der Waals surface area contributed by atoms with Gasteiger partial charge in [-0.15, -0.1) is 0 Å². The van der Waals surface area contributed by atoms with Crippen LogP contribution in [0.5, 0.6) is 0 Å². The second-order valence-electron chi connectivity index (χ2n) is 7.36. The highest BCUT2D eigenvalue weighted by Gasteiger charge is 2.24. The molecule has 30 heavy (non-hydrogen) atoms. The summed E-state index contributed by atoms with van der Waals surface area (Å²) in [7, 11) is 0. The van der Waals surface area contributed by atoms with E-state index in [9.17, 15) is 4.79 Å². The highest BCUT2D eigenvalue weighted by Crippen LogP contribution is 2.27. The maximum absolute atomic E-state index is 12.9. The fourth-order valence-electron chi connectivity index (χ4n) is 3.05. The molecule has 4 aromatic rings. The number of hydrogen-bond donors (Lipinski definition) is 2. The summed E-state index contributed by atoms with van der Waals surface area (Å²) in [6.45, 7) is 4.58. The Kier molecular flexibility index (Phi) is 5.37. The Morgan fingerprint density at radius 2 is 1.83 bits per heavy atom. The summed E-state index contributed by atoms with van der Waals surface area (Å²) in [5.41, 5.74) is 9.69. The maximum atomic E-state index is 12.9. The number of nitrogens with two attached hydrogens (primary N) is 1. The van der Waals surface area contributed by atoms with Gasteiger partial charge < -0.3 is 11.1 Å². The smallest absolute Gasteiger partial charge is 0.257 e. The van der Waals surface area contributed by atoms with Gasteiger partial charge in [-0.25, -0.2) is 9.97 Å². The summed E-state index contributed by atoms with van der Waals surface area (Å²) in [5.74, 6) is 0.196. The Morgan fingerprint density at radius 1 is 1.17 bits per heavy atom. The van der Waals surface area contributed by atoms with Gasteiger partial charge in [-0.1, -0.05) is 49.7 Å². The number of halogens is 1. The normalized spacial score (nSPS) is 11.7. The number of amides is 1. The van der Waals surface area contributed by atoms with Crippen LogP contribution in [-0.2, 0) is 0 Å². The first kappa shape index (κ1) is 19.8. The predicted octanol–water partition coefficient (Wildman–Crippen LogP) is 4.09. The lowest BCUT2D eigenvalue weighted by atomic mass is 10.2. The van der Waals surface area contributed by atoms with Crippen molar-refractivity contribution in [2.24, 2.45) is 11.0 Å². The zero-order valence-electron chi connectivity index (χ0n) is 16.6. The fraction of sp³-hybridized carbons (Fsp3) is 0.182. The largest absolute Gasteiger partial charge is 0.383 e. The fourth-order valence-corrected chi connectivity index (χ4v) is 3.17. The number of nitrogen functional groups attached to an aromatic ring is 1. The van der Waals surface area contributed by atoms with E-state index >= 15 is 0 Å². The molecule has 3 N–H and O–H groups in total. The van der Waals surface area contributed by atoms with Gasteiger partial charge in [0.1, 0.15) is 16.9 Å². The molecule has 0 aliphatic carbocycles. The van der Waals surface area contributed by atoms with E-state index in [2.05, 4.69) is 20.4 Å². The van der Waals surface area contributed by atoms with Crippen molar-refractivity contribution in [2.75, 3.05) is 12.3 Å². The molecule has 2 aromatic heterocycles. The molecular weight excluding hydrogens is 400 g/mol. The van der Waals surface area contributed by atoms with Gasteiger partial charge in [-0.2, -0.15) is 9.78 Å². The van der Waals surface area contributed by atoms with Gasteiger partial charge in [0.05, 0.1) is 17.2 Å². The van der Waals surface area contributed by atoms with Crippen LogP contribution in [0.2, 0.25) is 5.02 Å². The van der Waals surface area contributed by atoms with Crippen molar-refractivity contribution >= 4 is 51.7 Å². The van der Waals surface area contributed by atoms with Crippen molar-refractivity contribution in [1.29, 1.82) is 0 Å². The Hall–Kier alpha value is -3.45. The van der Waals surface area contributed by atoms with Crippen LogP contribution < -0.4 is 11.1 Å². The number of nitrogens with one attached hydrogen (secondary N) is 1. The Morgan fingerprint density at radius 3 is 2.50 bits per heavy atom. The molecule has 2 aromatic carbocycles. The van der Waals surface area contributed by atoms with Crippen LogP contribution in [0.25, 0.3) is 22.2 Å². The first-order valence-corrected chi connectivity index (χ1v) is 9.96. The number of anilines is 1. The second kappa shape index (κ2) is 8.12. The third-order valence-electron chi connectivity index (χ3n) is 4.56. The van der Waals surface area contributed by atoms with E-state index in [1.807, 2.05) is 50.2 Å². The standard InChI is InChI=1S/C22H21ClN6O/c1-13(2)11-25-22(30)18-19-21(28-17-6-4-3-5-16(17)27-19)29(20(18)24)26-12-14-7-9-15(23)10-8-14/h3-10,12-13H,11,24H2,1-2H3,(H,25,30). The van der Waals surface area contributed by atoms with E-state index in [-0.39, 0.29) is 17.3 Å². The predicted molar refractivity (Wildman–Crippen MR) is 121 cm³/mol. The zero-order valence-corrected chi connectivity index (χ0v) is 17.4. The highest BCUT2D eigenvalue weighted by molar-refractivity contribution is 6.30. The molecule has 0 bridgehead atoms. The number of nitrogens with zero attached hydrogens (tertiary/aromatic N) is 4. The molecule has 0 saturated carbocycles. The molecule has 0 spiro atoms. The quantitative estimate of drug-likeness (QED) is 0.475. The van der Waals surface area contributed by atoms with E-state index < -0.39 is 0 Å². The van der Waals surface area contributed by atoms with Crippen molar-refractivity contribution in [3.63, 3.8) is 0 Å². The number of benzene rings is 2. The number of hydrogen-bond acceptors (Lipinski definition) is 5. The lowest BCUT2D eigenvalue weighted by Gasteiger charge is -2.07. The van der Waals surface area contributed by atoms with E-state index in [4.69, 9.17) is 17.3 Å². The molecule has 0 aliphatic heterocycles. The van der Waals surface area contributed by atoms with Gasteiger partial charge >= 0.3 is 0 Å². The summed E-state index contributed by atoms with van der Waals surface area (Å²) in [6, 6.07) is 14.7. The third kappa shape index (κ3) is 3.84. The number of fused-ring (bicyclic) bond motifs is 2. The second-order valence-corrected chi connectivity index (χ2v) is 7.79. The van der Waals surface area contributed by atoms with Gasteiger partial charge in [0.15, 0.2) is 5.65 Å². The van der Waals surface area contributed by atoms with Crippen LogP contribution in [0.1, 0.15) is 29.8 Å². The van der Waals surface area contributed by atoms with Crippen LogP contribution in [0.15, 0.2) is 53.6 Å². The number of carbonyl (C=O) groups is 1. The summed E-state index contributed by atoms with van der Waals surface area (Å²) < 4.78 is 1.45. The molecule has 0 fully saturated rings. The minimum absolute atomic E-state index is 0.187. The Bertz CT molecular complexity index is 1260. The summed E-state index contributed by atoms with van der Waals surface area (Å²) in [5, 5.41) is 8.02. The zero-order chi connectivity index (χ0) is 21.3. The van der Waals surface area contributed by atoms with Gasteiger partial charge in [0, 0.05) is 11.6 Å². The van der Waals surface area contributed by atoms with Crippen molar-refractivity contribution in [3.05, 3.63) is 64.7 Å². The van der Waals surface area contributed by atoms with Crippen molar-refractivity contribution < 1.29 is 4.79 Å². The molecule has 0 radical (unpaired) electrons. The molecule has 0 unspecified atom stereocenters. The van der Waals surface area contributed by atoms with Gasteiger partial charge in [-0.05, 0) is 35.7 Å². The number of carbonyl (C=O) groups excluding carboxylic acids is 1. The first-order valence-electron chi connectivity index (χ1n) is 9.59. The summed E-state index contributed by atoms with van der Waals surface area (Å²) in [6.07, 6.45) is 1.64. The lowest BCUT2D eigenvalue weighted by molar-refractivity contribution is 0.0951. The van der Waals surface area contributed by atoms with Gasteiger partial charge in [0.25, 0.3) is 5.91 Å². The average Bonchev–Trinajstić information content (AvgIpc) is 3.00. The number of aromatic nitrogens is 3. The van der Waals surface area contributed by atoms with Crippen molar-refractivity contribution in [3.8, 4) is 0 Å². The molecule has 152 valence electrons. The van der Waals surface area contributed by atoms with E-state index in [1.54, 1.807) is 18.3 Å². The van der Waals surface area contributed by atoms with Crippen LogP contribution >= 0.6 is 11.6 Å². The molecule has 0 saturated heterocycles. The molecule has 2 heterocycles. The van der Waals surface area contributed by atoms with E-state index in [0.29, 0.717) is 39.7 Å². The van der Waals surface area contributed by atoms with Gasteiger partial charge in [0.2, 0.25) is 0 Å². The number of para-hydroxylation sites is 2. The molecule has 8 heteroatoms. The Labute approximate surface area is 178 Å². The number of rotatable bonds is 5. The van der Waals surface area contributed by atoms with Gasteiger partial charge in [-0.3, -0.25) is 4.79 Å². The summed E-state index contributed by atoms with van der Waals surface area (Å²) >= 11 is 5.95. The van der Waals surface area contributed by atoms with E-state index in [0.717, 1.165) is 5.56 Å². The maximum Gasteiger partial charge on any atom is 0.257 e. The molecule has 0 atom stereocenters. The average molecular weight is 421 g/mol. The van der Waals surface area contributed by atoms with Crippen LogP contribution in [0, 0.1) is 5.92 Å². The molecular formula is C22H21ClN6O. The van der Waals surface area contributed by atoms with Crippen LogP contribution in [-0.4, -0.2) is 33.3 Å². The molecule has 4 rings (SSSR count). The Balaban J connectivity index is 1.87. The SMILES string of the molecule is CC(C)CNC(=O)c1c(N)n(N=Cc2ccc(Cl)cc2)c2nc3ccccc3nc12. The first-order chi connectivity index (χ1) is 14.4. The van der Waals surface area contributed by atoms with E-state index in [1.165, 1.54) is 4.68 Å². The van der Waals surface area contributed by atoms with Crippen LogP contribution in [0.4, 0.5) is 5.82 Å². The van der Waals surface area contributed by atoms with Crippen LogP contribution in [0.3, 0.4) is 0 Å². The highest BCUT2D eigenvalue weighted by atomic mass is 35.5. The minimum Gasteiger partial charge on any atom is -0.383 e. The van der Waals surface area contributed by atoms with Crippen molar-refractivity contribution in [1.82, 2.24) is 20.0 Å². The summed E-state index contributed by atoms with van der Waals surface area (Å²) in [4.78, 5) is 22.2. The monoisotopic (exact) mass is 420 g/mol. The molecule has 1 amide bonds.